The van der Waals surface area contributed by atoms with E-state index in [2.05, 4.69) is 17.1 Å². The molecule has 0 spiro atoms. The third-order valence-electron chi connectivity index (χ3n) is 3.95. The summed E-state index contributed by atoms with van der Waals surface area (Å²) in [6.07, 6.45) is 5.77. The predicted octanol–water partition coefficient (Wildman–Crippen LogP) is 1.49. The largest absolute Gasteiger partial charge is 0.368 e. The molecular weight excluding hydrogens is 226 g/mol. The summed E-state index contributed by atoms with van der Waals surface area (Å²) in [5.41, 5.74) is 4.94. The van der Waals surface area contributed by atoms with Gasteiger partial charge in [0.2, 0.25) is 5.91 Å². The van der Waals surface area contributed by atoms with Crippen molar-refractivity contribution in [1.29, 1.82) is 0 Å². The zero-order valence-corrected chi connectivity index (χ0v) is 12.2. The highest BCUT2D eigenvalue weighted by Crippen LogP contribution is 2.26. The minimum atomic E-state index is -0.536. The second kappa shape index (κ2) is 7.10. The zero-order chi connectivity index (χ0) is 13.6. The van der Waals surface area contributed by atoms with Crippen LogP contribution in [0.5, 0.6) is 0 Å². The van der Waals surface area contributed by atoms with Crippen molar-refractivity contribution < 1.29 is 4.79 Å². The highest BCUT2D eigenvalue weighted by molar-refractivity contribution is 5.84. The average molecular weight is 255 g/mol. The van der Waals surface area contributed by atoms with Crippen LogP contribution in [-0.2, 0) is 4.79 Å². The Bertz CT molecular complexity index is 266. The molecule has 0 radical (unpaired) electrons. The van der Waals surface area contributed by atoms with Crippen molar-refractivity contribution in [2.24, 2.45) is 5.73 Å². The van der Waals surface area contributed by atoms with Gasteiger partial charge in [0.1, 0.15) is 0 Å². The zero-order valence-electron chi connectivity index (χ0n) is 12.2. The van der Waals surface area contributed by atoms with E-state index < -0.39 is 5.54 Å². The fourth-order valence-electron chi connectivity index (χ4n) is 2.52. The second-order valence-corrected chi connectivity index (χ2v) is 5.54. The number of hydrogen-bond donors (Lipinski definition) is 2. The molecule has 3 N–H and O–H groups in total. The highest BCUT2D eigenvalue weighted by Gasteiger charge is 2.30. The minimum absolute atomic E-state index is 0.237. The third kappa shape index (κ3) is 4.58. The first-order valence-electron chi connectivity index (χ1n) is 7.32. The molecule has 1 unspecified atom stereocenters. The Labute approximate surface area is 111 Å². The topological polar surface area (TPSA) is 58.4 Å². The van der Waals surface area contributed by atoms with Crippen LogP contribution < -0.4 is 11.1 Å². The second-order valence-electron chi connectivity index (χ2n) is 5.54. The van der Waals surface area contributed by atoms with Crippen LogP contribution in [0, 0.1) is 0 Å². The highest BCUT2D eigenvalue weighted by atomic mass is 16.1. The van der Waals surface area contributed by atoms with Crippen molar-refractivity contribution in [3.8, 4) is 0 Å². The van der Waals surface area contributed by atoms with Crippen LogP contribution in [0.25, 0.3) is 0 Å². The summed E-state index contributed by atoms with van der Waals surface area (Å²) in [6.45, 7) is 9.23. The predicted molar refractivity (Wildman–Crippen MR) is 75.4 cm³/mol. The van der Waals surface area contributed by atoms with Gasteiger partial charge in [-0.3, -0.25) is 4.79 Å². The Morgan fingerprint density at radius 3 is 2.50 bits per heavy atom. The van der Waals surface area contributed by atoms with Gasteiger partial charge in [0.25, 0.3) is 0 Å². The lowest BCUT2D eigenvalue weighted by Crippen LogP contribution is -2.53. The lowest BCUT2D eigenvalue weighted by atomic mass is 9.94. The van der Waals surface area contributed by atoms with Crippen molar-refractivity contribution in [2.75, 3.05) is 19.6 Å². The summed E-state index contributed by atoms with van der Waals surface area (Å²) in [4.78, 5) is 14.0. The number of likely N-dealkylation sites (N-methyl/N-ethyl adjacent to an activating group) is 1. The summed E-state index contributed by atoms with van der Waals surface area (Å²) in [5.74, 6) is -0.237. The van der Waals surface area contributed by atoms with Gasteiger partial charge < -0.3 is 16.0 Å². The molecule has 1 aliphatic rings. The molecule has 18 heavy (non-hydrogen) atoms. The molecule has 1 aliphatic carbocycles. The molecule has 0 aromatic heterocycles. The molecule has 0 heterocycles. The van der Waals surface area contributed by atoms with E-state index in [4.69, 9.17) is 5.73 Å². The number of nitrogens with two attached hydrogens (primary N) is 1. The summed E-state index contributed by atoms with van der Waals surface area (Å²) < 4.78 is 0. The first-order chi connectivity index (χ1) is 8.53. The number of nitrogens with one attached hydrogen (secondary N) is 1. The summed E-state index contributed by atoms with van der Waals surface area (Å²) >= 11 is 0. The Balaban J connectivity index is 2.23. The van der Waals surface area contributed by atoms with Crippen molar-refractivity contribution >= 4 is 5.91 Å². The van der Waals surface area contributed by atoms with Crippen LogP contribution in [-0.4, -0.2) is 42.0 Å². The van der Waals surface area contributed by atoms with Crippen molar-refractivity contribution in [1.82, 2.24) is 10.2 Å². The number of unbranched alkanes of at least 4 members (excludes halogenated alkanes) is 1. The number of nitrogens with zero attached hydrogens (tertiary/aromatic N) is 1. The van der Waals surface area contributed by atoms with E-state index in [9.17, 15) is 4.79 Å². The molecule has 1 rings (SSSR count). The SMILES string of the molecule is CCNC(C)(CCCCN(CC)C1CC1)C(N)=O. The Morgan fingerprint density at radius 2 is 2.06 bits per heavy atom. The monoisotopic (exact) mass is 255 g/mol. The van der Waals surface area contributed by atoms with Crippen molar-refractivity contribution in [2.45, 2.75) is 64.5 Å². The molecule has 1 amide bonds. The first kappa shape index (κ1) is 15.4. The number of carbonyl (C=O) groups excluding carboxylic acids is 1. The van der Waals surface area contributed by atoms with E-state index in [0.717, 1.165) is 44.9 Å². The molecule has 4 nitrogen and oxygen atoms in total. The van der Waals surface area contributed by atoms with Gasteiger partial charge in [0.05, 0.1) is 5.54 Å². The van der Waals surface area contributed by atoms with Crippen molar-refractivity contribution in [3.63, 3.8) is 0 Å². The van der Waals surface area contributed by atoms with Gasteiger partial charge in [-0.05, 0) is 58.7 Å². The maximum absolute atomic E-state index is 11.5. The van der Waals surface area contributed by atoms with E-state index in [1.54, 1.807) is 0 Å². The third-order valence-corrected chi connectivity index (χ3v) is 3.95. The minimum Gasteiger partial charge on any atom is -0.368 e. The van der Waals surface area contributed by atoms with Crippen LogP contribution in [0.3, 0.4) is 0 Å². The first-order valence-corrected chi connectivity index (χ1v) is 7.32. The van der Waals surface area contributed by atoms with Crippen LogP contribution >= 0.6 is 0 Å². The average Bonchev–Trinajstić information content (AvgIpc) is 3.13. The summed E-state index contributed by atoms with van der Waals surface area (Å²) in [5, 5.41) is 3.21. The lowest BCUT2D eigenvalue weighted by Gasteiger charge is -2.27. The number of primary amides is 1. The van der Waals surface area contributed by atoms with E-state index in [1.165, 1.54) is 12.8 Å². The van der Waals surface area contributed by atoms with E-state index >= 15 is 0 Å². The molecular formula is C14H29N3O. The molecule has 4 heteroatoms. The quantitative estimate of drug-likeness (QED) is 0.582. The Morgan fingerprint density at radius 1 is 1.39 bits per heavy atom. The smallest absolute Gasteiger partial charge is 0.237 e. The maximum Gasteiger partial charge on any atom is 0.237 e. The molecule has 1 atom stereocenters. The lowest BCUT2D eigenvalue weighted by molar-refractivity contribution is -0.124. The molecule has 0 saturated heterocycles. The fourth-order valence-corrected chi connectivity index (χ4v) is 2.52. The fraction of sp³-hybridized carbons (Fsp3) is 0.929. The normalized spacial score (nSPS) is 18.9. The molecule has 0 bridgehead atoms. The molecule has 1 saturated carbocycles. The van der Waals surface area contributed by atoms with Crippen molar-refractivity contribution in [3.05, 3.63) is 0 Å². The van der Waals surface area contributed by atoms with Gasteiger partial charge >= 0.3 is 0 Å². The van der Waals surface area contributed by atoms with Gasteiger partial charge in [-0.25, -0.2) is 0 Å². The van der Waals surface area contributed by atoms with Gasteiger partial charge in [0, 0.05) is 6.04 Å². The number of carbonyl (C=O) groups is 1. The summed E-state index contributed by atoms with van der Waals surface area (Å²) in [7, 11) is 0. The van der Waals surface area contributed by atoms with Gasteiger partial charge in [-0.2, -0.15) is 0 Å². The molecule has 0 aromatic rings. The summed E-state index contributed by atoms with van der Waals surface area (Å²) in [6, 6.07) is 0.839. The van der Waals surface area contributed by atoms with E-state index in [1.807, 2.05) is 13.8 Å². The van der Waals surface area contributed by atoms with Crippen LogP contribution in [0.1, 0.15) is 52.9 Å². The van der Waals surface area contributed by atoms with E-state index in [0.29, 0.717) is 0 Å². The number of amides is 1. The van der Waals surface area contributed by atoms with Gasteiger partial charge in [0.15, 0.2) is 0 Å². The van der Waals surface area contributed by atoms with Crippen LogP contribution in [0.4, 0.5) is 0 Å². The maximum atomic E-state index is 11.5. The standard InChI is InChI=1S/C14H29N3O/c1-4-16-14(3,13(15)18)10-6-7-11-17(5-2)12-8-9-12/h12,16H,4-11H2,1-3H3,(H2,15,18). The molecule has 0 aromatic carbocycles. The van der Waals surface area contributed by atoms with Crippen LogP contribution in [0.15, 0.2) is 0 Å². The molecule has 1 fully saturated rings. The number of hydrogen-bond acceptors (Lipinski definition) is 3. The van der Waals surface area contributed by atoms with Gasteiger partial charge in [-0.1, -0.05) is 13.8 Å². The van der Waals surface area contributed by atoms with Gasteiger partial charge in [-0.15, -0.1) is 0 Å². The molecule has 0 aliphatic heterocycles. The Kier molecular flexibility index (Phi) is 6.09. The van der Waals surface area contributed by atoms with Crippen LogP contribution in [0.2, 0.25) is 0 Å². The molecule has 106 valence electrons. The number of rotatable bonds is 10. The Hall–Kier alpha value is -0.610. The van der Waals surface area contributed by atoms with E-state index in [-0.39, 0.29) is 5.91 Å².